The Labute approximate surface area is 152 Å². The van der Waals surface area contributed by atoms with E-state index in [9.17, 15) is 4.79 Å². The molecule has 1 amide bonds. The fourth-order valence-electron chi connectivity index (χ4n) is 3.52. The van der Waals surface area contributed by atoms with Gasteiger partial charge in [-0.15, -0.1) is 11.3 Å². The van der Waals surface area contributed by atoms with Gasteiger partial charge >= 0.3 is 0 Å². The number of benzene rings is 2. The van der Waals surface area contributed by atoms with Gasteiger partial charge in [0.1, 0.15) is 0 Å². The summed E-state index contributed by atoms with van der Waals surface area (Å²) < 4.78 is 1.38. The summed E-state index contributed by atoms with van der Waals surface area (Å²) in [5, 5.41) is 4.31. The van der Waals surface area contributed by atoms with Gasteiger partial charge in [0, 0.05) is 15.3 Å². The molecule has 0 aliphatic carbocycles. The fraction of sp³-hybridized carbons (Fsp3) is 0.318. The number of carbonyl (C=O) groups excluding carboxylic acids is 1. The van der Waals surface area contributed by atoms with Crippen LogP contribution in [0.1, 0.15) is 54.2 Å². The number of carbonyl (C=O) groups is 1. The molecule has 0 saturated carbocycles. The van der Waals surface area contributed by atoms with Gasteiger partial charge in [0.25, 0.3) is 0 Å². The van der Waals surface area contributed by atoms with Crippen LogP contribution < -0.4 is 5.32 Å². The summed E-state index contributed by atoms with van der Waals surface area (Å²) in [6.07, 6.45) is 1.52. The molecule has 1 aliphatic heterocycles. The Bertz CT molecular complexity index is 954. The molecule has 0 bridgehead atoms. The number of amides is 1. The lowest BCUT2D eigenvalue weighted by Crippen LogP contribution is -2.04. The van der Waals surface area contributed by atoms with Crippen molar-refractivity contribution in [1.82, 2.24) is 0 Å². The predicted octanol–water partition coefficient (Wildman–Crippen LogP) is 5.87. The highest BCUT2D eigenvalue weighted by molar-refractivity contribution is 7.19. The van der Waals surface area contributed by atoms with E-state index in [4.69, 9.17) is 0 Å². The van der Waals surface area contributed by atoms with Crippen LogP contribution in [-0.2, 0) is 17.6 Å². The van der Waals surface area contributed by atoms with Crippen molar-refractivity contribution in [2.24, 2.45) is 0 Å². The predicted molar refractivity (Wildman–Crippen MR) is 107 cm³/mol. The van der Waals surface area contributed by atoms with Gasteiger partial charge in [0.15, 0.2) is 0 Å². The average molecular weight is 349 g/mol. The molecule has 0 radical (unpaired) electrons. The number of hydrogen-bond acceptors (Lipinski definition) is 2. The molecule has 1 unspecified atom stereocenters. The molecular formula is C22H23NOS. The highest BCUT2D eigenvalue weighted by Gasteiger charge is 2.19. The first kappa shape index (κ1) is 16.3. The van der Waals surface area contributed by atoms with Crippen LogP contribution in [0.25, 0.3) is 10.1 Å². The van der Waals surface area contributed by atoms with Crippen LogP contribution in [0, 0.1) is 0 Å². The molecule has 2 heterocycles. The van der Waals surface area contributed by atoms with Gasteiger partial charge in [0.05, 0.1) is 6.42 Å². The van der Waals surface area contributed by atoms with Gasteiger partial charge in [-0.2, -0.15) is 0 Å². The van der Waals surface area contributed by atoms with Crippen molar-refractivity contribution in [1.29, 1.82) is 0 Å². The van der Waals surface area contributed by atoms with Crippen molar-refractivity contribution in [2.45, 2.75) is 45.4 Å². The zero-order valence-electron chi connectivity index (χ0n) is 14.9. The van der Waals surface area contributed by atoms with E-state index in [0.717, 1.165) is 17.7 Å². The van der Waals surface area contributed by atoms with Crippen molar-refractivity contribution in [2.75, 3.05) is 5.32 Å². The molecule has 0 saturated heterocycles. The molecule has 1 aliphatic rings. The minimum Gasteiger partial charge on any atom is -0.326 e. The first-order chi connectivity index (χ1) is 12.0. The number of fused-ring (bicyclic) bond motifs is 2. The van der Waals surface area contributed by atoms with E-state index in [-0.39, 0.29) is 5.91 Å². The van der Waals surface area contributed by atoms with Crippen molar-refractivity contribution < 1.29 is 4.79 Å². The molecular weight excluding hydrogens is 326 g/mol. The maximum Gasteiger partial charge on any atom is 0.228 e. The minimum atomic E-state index is 0.101. The Hall–Kier alpha value is -2.13. The second-order valence-electron chi connectivity index (χ2n) is 7.42. The first-order valence-corrected chi connectivity index (χ1v) is 9.76. The van der Waals surface area contributed by atoms with Crippen LogP contribution >= 0.6 is 11.3 Å². The van der Waals surface area contributed by atoms with E-state index >= 15 is 0 Å². The van der Waals surface area contributed by atoms with Crippen LogP contribution in [-0.4, -0.2) is 5.91 Å². The van der Waals surface area contributed by atoms with Crippen LogP contribution in [0.5, 0.6) is 0 Å². The van der Waals surface area contributed by atoms with E-state index in [1.54, 1.807) is 0 Å². The molecule has 3 aromatic rings. The lowest BCUT2D eigenvalue weighted by atomic mass is 9.92. The molecule has 1 atom stereocenters. The lowest BCUT2D eigenvalue weighted by Gasteiger charge is -2.13. The van der Waals surface area contributed by atoms with Crippen molar-refractivity contribution in [3.63, 3.8) is 0 Å². The number of rotatable bonds is 4. The molecule has 128 valence electrons. The minimum absolute atomic E-state index is 0.101. The molecule has 1 N–H and O–H groups in total. The third kappa shape index (κ3) is 3.21. The summed E-state index contributed by atoms with van der Waals surface area (Å²) in [7, 11) is 0. The number of anilines is 1. The summed E-state index contributed by atoms with van der Waals surface area (Å²) in [5.41, 5.74) is 4.77. The Kier molecular flexibility index (Phi) is 4.12. The summed E-state index contributed by atoms with van der Waals surface area (Å²) in [6.45, 7) is 6.76. The van der Waals surface area contributed by atoms with E-state index in [1.165, 1.54) is 26.1 Å². The second kappa shape index (κ2) is 6.30. The Morgan fingerprint density at radius 2 is 1.92 bits per heavy atom. The van der Waals surface area contributed by atoms with E-state index < -0.39 is 0 Å². The molecule has 25 heavy (non-hydrogen) atoms. The molecule has 4 rings (SSSR count). The molecule has 1 aromatic heterocycles. The summed E-state index contributed by atoms with van der Waals surface area (Å²) in [5.74, 6) is 1.11. The van der Waals surface area contributed by atoms with E-state index in [2.05, 4.69) is 68.6 Å². The molecule has 2 nitrogen and oxygen atoms in total. The van der Waals surface area contributed by atoms with E-state index in [1.807, 2.05) is 11.3 Å². The van der Waals surface area contributed by atoms with Gasteiger partial charge < -0.3 is 5.32 Å². The van der Waals surface area contributed by atoms with Gasteiger partial charge in [-0.3, -0.25) is 4.79 Å². The Morgan fingerprint density at radius 1 is 1.08 bits per heavy atom. The smallest absolute Gasteiger partial charge is 0.228 e. The normalized spacial score (nSPS) is 14.8. The number of hydrogen-bond donors (Lipinski definition) is 1. The zero-order chi connectivity index (χ0) is 17.6. The van der Waals surface area contributed by atoms with Gasteiger partial charge in [-0.05, 0) is 58.5 Å². The molecule has 3 heteroatoms. The summed E-state index contributed by atoms with van der Waals surface area (Å²) >= 11 is 1.91. The maximum atomic E-state index is 11.5. The standard InChI is InChI=1S/C22H23NOS/c1-13(2)20-11-18-5-4-15(9-21(18)25-20)8-14(3)16-6-7-17-12-22(24)23-19(17)10-16/h4-7,9-11,13-14H,8,12H2,1-3H3,(H,23,24). The average Bonchev–Trinajstić information content (AvgIpc) is 3.15. The molecule has 2 aromatic carbocycles. The van der Waals surface area contributed by atoms with Crippen molar-refractivity contribution >= 4 is 33.0 Å². The third-order valence-corrected chi connectivity index (χ3v) is 6.44. The number of thiophene rings is 1. The van der Waals surface area contributed by atoms with Crippen LogP contribution in [0.3, 0.4) is 0 Å². The fourth-order valence-corrected chi connectivity index (χ4v) is 4.65. The molecule has 0 fully saturated rings. The highest BCUT2D eigenvalue weighted by atomic mass is 32.1. The topological polar surface area (TPSA) is 29.1 Å². The van der Waals surface area contributed by atoms with Crippen LogP contribution in [0.4, 0.5) is 5.69 Å². The molecule has 0 spiro atoms. The van der Waals surface area contributed by atoms with Gasteiger partial charge in [0.2, 0.25) is 5.91 Å². The SMILES string of the molecule is CC(C)c1cc2ccc(CC(C)c3ccc4c(c3)NC(=O)C4)cc2s1. The number of nitrogens with one attached hydrogen (secondary N) is 1. The van der Waals surface area contributed by atoms with E-state index in [0.29, 0.717) is 18.3 Å². The Morgan fingerprint density at radius 3 is 2.72 bits per heavy atom. The quantitative estimate of drug-likeness (QED) is 0.627. The summed E-state index contributed by atoms with van der Waals surface area (Å²) in [6, 6.07) is 15.6. The largest absolute Gasteiger partial charge is 0.326 e. The second-order valence-corrected chi connectivity index (χ2v) is 8.54. The Balaban J connectivity index is 1.56. The third-order valence-electron chi connectivity index (χ3n) is 5.04. The highest BCUT2D eigenvalue weighted by Crippen LogP contribution is 2.33. The van der Waals surface area contributed by atoms with Gasteiger partial charge in [-0.25, -0.2) is 0 Å². The van der Waals surface area contributed by atoms with Crippen LogP contribution in [0.2, 0.25) is 0 Å². The summed E-state index contributed by atoms with van der Waals surface area (Å²) in [4.78, 5) is 13.0. The van der Waals surface area contributed by atoms with Crippen molar-refractivity contribution in [3.05, 3.63) is 64.0 Å². The zero-order valence-corrected chi connectivity index (χ0v) is 15.7. The van der Waals surface area contributed by atoms with Crippen molar-refractivity contribution in [3.8, 4) is 0 Å². The van der Waals surface area contributed by atoms with Crippen LogP contribution in [0.15, 0.2) is 42.5 Å². The lowest BCUT2D eigenvalue weighted by molar-refractivity contribution is -0.115. The monoisotopic (exact) mass is 349 g/mol. The first-order valence-electron chi connectivity index (χ1n) is 8.94. The van der Waals surface area contributed by atoms with Gasteiger partial charge in [-0.1, -0.05) is 45.0 Å². The maximum absolute atomic E-state index is 11.5.